The lowest BCUT2D eigenvalue weighted by molar-refractivity contribution is -0.402. The van der Waals surface area contributed by atoms with E-state index in [2.05, 4.69) is 5.73 Å². The molecule has 0 aliphatic carbocycles. The summed E-state index contributed by atoms with van der Waals surface area (Å²) in [5.74, 6) is -0.996. The Morgan fingerprint density at radius 2 is 1.76 bits per heavy atom. The van der Waals surface area contributed by atoms with Gasteiger partial charge >= 0.3 is 11.9 Å². The number of hydrogen-bond acceptors (Lipinski definition) is 6. The Hall–Kier alpha value is -1.94. The summed E-state index contributed by atoms with van der Waals surface area (Å²) in [6, 6.07) is 5.55. The van der Waals surface area contributed by atoms with Crippen molar-refractivity contribution >= 4 is 33.7 Å². The van der Waals surface area contributed by atoms with E-state index in [1.807, 2.05) is 6.92 Å². The molecular weight excluding hydrogens is 422 g/mol. The van der Waals surface area contributed by atoms with Gasteiger partial charge in [0.1, 0.15) is 23.1 Å². The Balaban J connectivity index is 0.000000604. The Labute approximate surface area is 176 Å². The smallest absolute Gasteiger partial charge is 0.349 e. The van der Waals surface area contributed by atoms with Crippen LogP contribution in [0.3, 0.4) is 0 Å². The maximum atomic E-state index is 11.5. The van der Waals surface area contributed by atoms with Gasteiger partial charge in [-0.2, -0.15) is 8.42 Å². The van der Waals surface area contributed by atoms with Gasteiger partial charge in [-0.15, -0.1) is 0 Å². The fraction of sp³-hybridized carbons (Fsp3) is 0.474. The third kappa shape index (κ3) is 13.0. The molecule has 0 radical (unpaired) electrons. The van der Waals surface area contributed by atoms with Crippen LogP contribution in [0.15, 0.2) is 40.3 Å². The lowest BCUT2D eigenvalue weighted by Gasteiger charge is -2.19. The zero-order chi connectivity index (χ0) is 22.8. The highest BCUT2D eigenvalue weighted by Crippen LogP contribution is 2.11. The maximum absolute atomic E-state index is 11.5. The molecule has 0 amide bonds. The van der Waals surface area contributed by atoms with Crippen LogP contribution < -0.4 is 5.73 Å². The second-order valence-corrected chi connectivity index (χ2v) is 8.90. The largest absolute Gasteiger partial charge is 0.462 e. The second kappa shape index (κ2) is 11.9. The summed E-state index contributed by atoms with van der Waals surface area (Å²) in [5.41, 5.74) is 4.14. The molecular formula is C19H29ClNO7S+. The molecule has 1 aromatic carbocycles. The standard InChI is InChI=1S/C12H20ClNO4.C7H8O3S/c1-5-17-11(16)9(13)6-8(14)7-10(15)18-12(2,3)4;1-6-2-4-7(5-3-6)11(8,9)10/h6,8H,5,7,14H2,1-4H3;2-5H,1H3,(H,8,9,10)/p+1/b9-6-;/t8-;/m1./s1. The van der Waals surface area contributed by atoms with Crippen LogP contribution >= 0.6 is 11.6 Å². The molecule has 0 aliphatic rings. The van der Waals surface area contributed by atoms with Crippen molar-refractivity contribution in [1.29, 1.82) is 0 Å². The molecule has 4 N–H and O–H groups in total. The van der Waals surface area contributed by atoms with Gasteiger partial charge in [-0.05, 0) is 52.8 Å². The Bertz CT molecular complexity index is 812. The average Bonchev–Trinajstić information content (AvgIpc) is 2.53. The average molecular weight is 451 g/mol. The molecule has 0 heterocycles. The minimum Gasteiger partial charge on any atom is -0.462 e. The first-order valence-electron chi connectivity index (χ1n) is 8.79. The first-order valence-corrected chi connectivity index (χ1v) is 10.6. The van der Waals surface area contributed by atoms with Gasteiger partial charge in [0.2, 0.25) is 0 Å². The molecule has 0 saturated carbocycles. The van der Waals surface area contributed by atoms with Crippen LogP contribution in [0.5, 0.6) is 0 Å². The number of carbonyl (C=O) groups excluding carboxylic acids is 2. The van der Waals surface area contributed by atoms with Crippen molar-refractivity contribution in [3.8, 4) is 0 Å². The predicted molar refractivity (Wildman–Crippen MR) is 109 cm³/mol. The Kier molecular flexibility index (Phi) is 11.1. The zero-order valence-electron chi connectivity index (χ0n) is 17.3. The molecule has 0 unspecified atom stereocenters. The molecule has 1 atom stereocenters. The van der Waals surface area contributed by atoms with E-state index < -0.39 is 27.7 Å². The quantitative estimate of drug-likeness (QED) is 0.385. The number of halogens is 1. The van der Waals surface area contributed by atoms with E-state index in [-0.39, 0.29) is 28.9 Å². The predicted octanol–water partition coefficient (Wildman–Crippen LogP) is 2.26. The molecule has 0 fully saturated rings. The number of carbonyl (C=O) groups is 2. The van der Waals surface area contributed by atoms with E-state index in [1.54, 1.807) is 39.8 Å². The number of hydrogen-bond donors (Lipinski definition) is 2. The van der Waals surface area contributed by atoms with E-state index >= 15 is 0 Å². The lowest BCUT2D eigenvalue weighted by Crippen LogP contribution is -2.60. The zero-order valence-corrected chi connectivity index (χ0v) is 18.8. The van der Waals surface area contributed by atoms with E-state index in [0.717, 1.165) is 5.56 Å². The van der Waals surface area contributed by atoms with Gasteiger partial charge in [0.05, 0.1) is 11.5 Å². The number of benzene rings is 1. The van der Waals surface area contributed by atoms with Crippen molar-refractivity contribution in [2.45, 2.75) is 57.6 Å². The minimum atomic E-state index is -4.02. The fourth-order valence-corrected chi connectivity index (χ4v) is 2.55. The highest BCUT2D eigenvalue weighted by atomic mass is 35.5. The third-order valence-corrected chi connectivity index (χ3v) is 4.17. The normalized spacial score (nSPS) is 13.0. The van der Waals surface area contributed by atoms with Gasteiger partial charge in [-0.1, -0.05) is 29.3 Å². The number of quaternary nitrogens is 1. The topological polar surface area (TPSA) is 135 Å². The van der Waals surface area contributed by atoms with Crippen LogP contribution in [-0.4, -0.2) is 43.2 Å². The summed E-state index contributed by atoms with van der Waals surface area (Å²) in [6.07, 6.45) is 1.45. The first kappa shape index (κ1) is 27.1. The van der Waals surface area contributed by atoms with Crippen LogP contribution in [0, 0.1) is 6.92 Å². The summed E-state index contributed by atoms with van der Waals surface area (Å²) in [6.45, 7) is 9.12. The monoisotopic (exact) mass is 450 g/mol. The van der Waals surface area contributed by atoms with Crippen molar-refractivity contribution in [3.05, 3.63) is 40.9 Å². The molecule has 0 aromatic heterocycles. The number of aryl methyl sites for hydroxylation is 1. The number of ether oxygens (including phenoxy) is 2. The van der Waals surface area contributed by atoms with Crippen LogP contribution in [0.4, 0.5) is 0 Å². The minimum absolute atomic E-state index is 0.0624. The summed E-state index contributed by atoms with van der Waals surface area (Å²) in [7, 11) is -4.02. The molecule has 164 valence electrons. The van der Waals surface area contributed by atoms with Crippen LogP contribution in [0.2, 0.25) is 0 Å². The lowest BCUT2D eigenvalue weighted by atomic mass is 10.1. The maximum Gasteiger partial charge on any atom is 0.349 e. The van der Waals surface area contributed by atoms with Crippen molar-refractivity contribution in [1.82, 2.24) is 0 Å². The third-order valence-electron chi connectivity index (χ3n) is 3.02. The summed E-state index contributed by atoms with van der Waals surface area (Å²) in [5, 5.41) is -0.0691. The fourth-order valence-electron chi connectivity index (χ4n) is 1.84. The van der Waals surface area contributed by atoms with E-state index in [0.29, 0.717) is 0 Å². The molecule has 1 aromatic rings. The van der Waals surface area contributed by atoms with Crippen molar-refractivity contribution in [2.24, 2.45) is 0 Å². The number of rotatable bonds is 6. The molecule has 1 rings (SSSR count). The van der Waals surface area contributed by atoms with Gasteiger partial charge < -0.3 is 15.2 Å². The highest BCUT2D eigenvalue weighted by Gasteiger charge is 2.20. The van der Waals surface area contributed by atoms with E-state index in [9.17, 15) is 18.0 Å². The molecule has 29 heavy (non-hydrogen) atoms. The molecule has 10 heteroatoms. The Morgan fingerprint density at radius 1 is 1.24 bits per heavy atom. The van der Waals surface area contributed by atoms with Gasteiger partial charge in [-0.3, -0.25) is 9.35 Å². The summed E-state index contributed by atoms with van der Waals surface area (Å²) in [4.78, 5) is 22.7. The SMILES string of the molecule is CCOC(=O)/C(Cl)=C/[C@@H]([NH3+])CC(=O)OC(C)(C)C.Cc1ccc(S(=O)(=O)O)cc1. The molecule has 0 aliphatic heterocycles. The van der Waals surface area contributed by atoms with Gasteiger partial charge in [0, 0.05) is 0 Å². The first-order chi connectivity index (χ1) is 13.2. The molecule has 0 spiro atoms. The van der Waals surface area contributed by atoms with Gasteiger partial charge in [0.15, 0.2) is 0 Å². The van der Waals surface area contributed by atoms with Crippen molar-refractivity contribution in [2.75, 3.05) is 6.61 Å². The molecule has 0 saturated heterocycles. The van der Waals surface area contributed by atoms with E-state index in [1.165, 1.54) is 18.2 Å². The van der Waals surface area contributed by atoms with Crippen molar-refractivity contribution < 1.29 is 37.8 Å². The highest BCUT2D eigenvalue weighted by molar-refractivity contribution is 7.85. The van der Waals surface area contributed by atoms with Crippen LogP contribution in [0.25, 0.3) is 0 Å². The van der Waals surface area contributed by atoms with Crippen LogP contribution in [0.1, 0.15) is 39.7 Å². The van der Waals surface area contributed by atoms with Gasteiger partial charge in [0.25, 0.3) is 10.1 Å². The summed E-state index contributed by atoms with van der Waals surface area (Å²) >= 11 is 5.72. The number of esters is 2. The van der Waals surface area contributed by atoms with Gasteiger partial charge in [-0.25, -0.2) is 4.79 Å². The van der Waals surface area contributed by atoms with E-state index in [4.69, 9.17) is 25.6 Å². The molecule has 8 nitrogen and oxygen atoms in total. The van der Waals surface area contributed by atoms with Crippen LogP contribution in [-0.2, 0) is 29.2 Å². The second-order valence-electron chi connectivity index (χ2n) is 7.07. The molecule has 0 bridgehead atoms. The van der Waals surface area contributed by atoms with Crippen molar-refractivity contribution in [3.63, 3.8) is 0 Å². The Morgan fingerprint density at radius 3 is 2.17 bits per heavy atom. The summed E-state index contributed by atoms with van der Waals surface area (Å²) < 4.78 is 39.4.